The van der Waals surface area contributed by atoms with Gasteiger partial charge in [0.1, 0.15) is 5.69 Å². The molecule has 0 saturated carbocycles. The van der Waals surface area contributed by atoms with Crippen LogP contribution in [-0.4, -0.2) is 10.2 Å². The van der Waals surface area contributed by atoms with Gasteiger partial charge in [0.2, 0.25) is 0 Å². The molecule has 0 atom stereocenters. The Morgan fingerprint density at radius 1 is 1.50 bits per heavy atom. The lowest BCUT2D eigenvalue weighted by atomic mass is 10.2. The predicted molar refractivity (Wildman–Crippen MR) is 64.8 cm³/mol. The minimum absolute atomic E-state index is 0.115. The zero-order valence-electron chi connectivity index (χ0n) is 6.40. The number of alkyl halides is 2. The smallest absolute Gasteiger partial charge is 0.271 e. The van der Waals surface area contributed by atoms with E-state index in [0.717, 1.165) is 0 Å². The van der Waals surface area contributed by atoms with Crippen LogP contribution in [0.1, 0.15) is 22.5 Å². The summed E-state index contributed by atoms with van der Waals surface area (Å²) in [5.41, 5.74) is -0.312. The van der Waals surface area contributed by atoms with Gasteiger partial charge in [-0.25, -0.2) is 13.8 Å². The highest BCUT2D eigenvalue weighted by Crippen LogP contribution is 2.30. The Kier molecular flexibility index (Phi) is 4.44. The fraction of sp³-hybridized carbons (Fsp3) is 0.143. The van der Waals surface area contributed by atoms with E-state index in [1.807, 2.05) is 0 Å². The molecule has 0 aliphatic carbocycles. The van der Waals surface area contributed by atoms with Crippen LogP contribution in [0.2, 0.25) is 0 Å². The first-order chi connectivity index (χ1) is 6.45. The monoisotopic (exact) mass is 443 g/mol. The van der Waals surface area contributed by atoms with Crippen molar-refractivity contribution in [2.75, 3.05) is 0 Å². The molecule has 14 heavy (non-hydrogen) atoms. The van der Waals surface area contributed by atoms with Gasteiger partial charge in [-0.1, -0.05) is 0 Å². The third-order valence-electron chi connectivity index (χ3n) is 1.41. The van der Waals surface area contributed by atoms with Crippen molar-refractivity contribution >= 4 is 62.0 Å². The second-order valence-electron chi connectivity index (χ2n) is 2.26. The molecule has 1 aromatic rings. The maximum absolute atomic E-state index is 12.5. The van der Waals surface area contributed by atoms with Crippen LogP contribution < -0.4 is 0 Å². The molecule has 0 bridgehead atoms. The van der Waals surface area contributed by atoms with E-state index >= 15 is 0 Å². The molecule has 0 amide bonds. The van der Waals surface area contributed by atoms with Gasteiger partial charge in [0.05, 0.1) is 3.57 Å². The number of nitrogens with zero attached hydrogens (tertiary/aromatic N) is 1. The number of carbonyl (C=O) groups is 1. The zero-order chi connectivity index (χ0) is 10.9. The number of pyridine rings is 1. The minimum Gasteiger partial charge on any atom is -0.274 e. The van der Waals surface area contributed by atoms with Crippen molar-refractivity contribution in [2.45, 2.75) is 6.43 Å². The van der Waals surface area contributed by atoms with Gasteiger partial charge < -0.3 is 0 Å². The summed E-state index contributed by atoms with van der Waals surface area (Å²) < 4.78 is 25.5. The highest BCUT2D eigenvalue weighted by atomic mass is 127. The number of carbonyl (C=O) groups excluding carboxylic acids is 1. The van der Waals surface area contributed by atoms with Gasteiger partial charge >= 0.3 is 0 Å². The summed E-state index contributed by atoms with van der Waals surface area (Å²) in [4.78, 5) is 14.5. The summed E-state index contributed by atoms with van der Waals surface area (Å²) >= 11 is 8.57. The minimum atomic E-state index is -2.63. The Balaban J connectivity index is 3.41. The maximum atomic E-state index is 12.5. The average Bonchev–Trinajstić information content (AvgIpc) is 2.02. The second kappa shape index (κ2) is 4.97. The van der Waals surface area contributed by atoms with Gasteiger partial charge in [-0.05, 0) is 56.8 Å². The Morgan fingerprint density at radius 2 is 2.07 bits per heavy atom. The van der Waals surface area contributed by atoms with Crippen LogP contribution in [0.5, 0.6) is 0 Å². The molecule has 7 heteroatoms. The molecule has 0 radical (unpaired) electrons. The van der Waals surface area contributed by atoms with Crippen LogP contribution in [-0.2, 0) is 0 Å². The summed E-state index contributed by atoms with van der Waals surface area (Å²) in [5, 5.41) is -0.826. The van der Waals surface area contributed by atoms with Gasteiger partial charge in [-0.15, -0.1) is 0 Å². The normalized spacial score (nSPS) is 10.7. The van der Waals surface area contributed by atoms with Crippen LogP contribution in [0.4, 0.5) is 8.78 Å². The molecular formula is C7H2ClF2I2NO. The van der Waals surface area contributed by atoms with E-state index in [1.54, 1.807) is 45.2 Å². The molecule has 0 unspecified atom stereocenters. The molecule has 76 valence electrons. The molecule has 0 aliphatic heterocycles. The molecule has 0 N–H and O–H groups in total. The highest BCUT2D eigenvalue weighted by Gasteiger charge is 2.21. The van der Waals surface area contributed by atoms with Crippen LogP contribution in [0, 0.1) is 7.14 Å². The summed E-state index contributed by atoms with van der Waals surface area (Å²) in [6, 6.07) is 0. The van der Waals surface area contributed by atoms with E-state index in [4.69, 9.17) is 11.6 Å². The lowest BCUT2D eigenvalue weighted by Crippen LogP contribution is -2.04. The van der Waals surface area contributed by atoms with Crippen molar-refractivity contribution in [1.82, 2.24) is 4.98 Å². The first-order valence-electron chi connectivity index (χ1n) is 3.27. The Morgan fingerprint density at radius 3 is 2.50 bits per heavy atom. The van der Waals surface area contributed by atoms with Crippen molar-refractivity contribution in [3.8, 4) is 0 Å². The molecule has 0 aliphatic rings. The largest absolute Gasteiger partial charge is 0.274 e. The Labute approximate surface area is 111 Å². The van der Waals surface area contributed by atoms with Gasteiger partial charge in [0.15, 0.2) is 0 Å². The second-order valence-corrected chi connectivity index (χ2v) is 4.84. The van der Waals surface area contributed by atoms with Gasteiger partial charge in [0, 0.05) is 15.3 Å². The third-order valence-corrected chi connectivity index (χ3v) is 3.54. The van der Waals surface area contributed by atoms with Gasteiger partial charge in [0.25, 0.3) is 11.7 Å². The van der Waals surface area contributed by atoms with Crippen molar-refractivity contribution in [2.24, 2.45) is 0 Å². The summed E-state index contributed by atoms with van der Waals surface area (Å²) in [7, 11) is 0. The molecule has 0 aromatic carbocycles. The number of hydrogen-bond donors (Lipinski definition) is 0. The standard InChI is InChI=1S/C7H2ClF2I2NO/c8-6(14)5-4(12)3(7(9)10)2(11)1-13-5/h1,7H. The van der Waals surface area contributed by atoms with E-state index < -0.39 is 11.7 Å². The van der Waals surface area contributed by atoms with Crippen LogP contribution in [0.3, 0.4) is 0 Å². The summed E-state index contributed by atoms with van der Waals surface area (Å²) in [6.45, 7) is 0. The first-order valence-corrected chi connectivity index (χ1v) is 5.80. The molecule has 0 saturated heterocycles. The maximum Gasteiger partial charge on any atom is 0.271 e. The molecule has 0 fully saturated rings. The number of halogens is 5. The number of aromatic nitrogens is 1. The Bertz CT molecular complexity index is 386. The number of hydrogen-bond acceptors (Lipinski definition) is 2. The lowest BCUT2D eigenvalue weighted by Gasteiger charge is -2.07. The zero-order valence-corrected chi connectivity index (χ0v) is 11.5. The molecule has 1 rings (SSSR count). The van der Waals surface area contributed by atoms with Crippen molar-refractivity contribution in [3.63, 3.8) is 0 Å². The van der Waals surface area contributed by atoms with Crippen molar-refractivity contribution < 1.29 is 13.6 Å². The third kappa shape index (κ3) is 2.51. The van der Waals surface area contributed by atoms with Crippen LogP contribution in [0.15, 0.2) is 6.20 Å². The van der Waals surface area contributed by atoms with E-state index in [-0.39, 0.29) is 14.8 Å². The number of rotatable bonds is 2. The first kappa shape index (κ1) is 12.5. The molecular weight excluding hydrogens is 441 g/mol. The van der Waals surface area contributed by atoms with E-state index in [0.29, 0.717) is 3.57 Å². The Hall–Kier alpha value is 0.430. The molecule has 2 nitrogen and oxygen atoms in total. The highest BCUT2D eigenvalue weighted by molar-refractivity contribution is 14.1. The van der Waals surface area contributed by atoms with Crippen LogP contribution in [0.25, 0.3) is 0 Å². The van der Waals surface area contributed by atoms with Gasteiger partial charge in [-0.3, -0.25) is 4.79 Å². The summed E-state index contributed by atoms with van der Waals surface area (Å²) in [5.74, 6) is 0. The topological polar surface area (TPSA) is 30.0 Å². The molecule has 0 spiro atoms. The van der Waals surface area contributed by atoms with Crippen molar-refractivity contribution in [3.05, 3.63) is 24.6 Å². The van der Waals surface area contributed by atoms with Crippen molar-refractivity contribution in [1.29, 1.82) is 0 Å². The molecule has 1 aromatic heterocycles. The molecule has 1 heterocycles. The van der Waals surface area contributed by atoms with Gasteiger partial charge in [-0.2, -0.15) is 0 Å². The fourth-order valence-electron chi connectivity index (χ4n) is 0.817. The summed E-state index contributed by atoms with van der Waals surface area (Å²) in [6.07, 6.45) is -1.42. The van der Waals surface area contributed by atoms with Crippen LogP contribution >= 0.6 is 56.8 Å². The van der Waals surface area contributed by atoms with E-state index in [9.17, 15) is 13.6 Å². The quantitative estimate of drug-likeness (QED) is 0.517. The van der Waals surface area contributed by atoms with E-state index in [1.165, 1.54) is 6.20 Å². The lowest BCUT2D eigenvalue weighted by molar-refractivity contribution is 0.107. The van der Waals surface area contributed by atoms with E-state index in [2.05, 4.69) is 4.98 Å². The average molecular weight is 443 g/mol. The predicted octanol–water partition coefficient (Wildman–Crippen LogP) is 3.61. The SMILES string of the molecule is O=C(Cl)c1ncc(I)c(C(F)F)c1I. The fourth-order valence-corrected chi connectivity index (χ4v) is 3.19.